The Kier molecular flexibility index (Phi) is 4.18. The molecule has 0 unspecified atom stereocenters. The average Bonchev–Trinajstić information content (AvgIpc) is 2.45. The number of aldehydes is 1. The zero-order chi connectivity index (χ0) is 13.7. The van der Waals surface area contributed by atoms with Gasteiger partial charge in [0.25, 0.3) is 0 Å². The van der Waals surface area contributed by atoms with Gasteiger partial charge in [-0.05, 0) is 42.8 Å². The predicted octanol–water partition coefficient (Wildman–Crippen LogP) is 3.40. The van der Waals surface area contributed by atoms with Gasteiger partial charge in [-0.25, -0.2) is 0 Å². The second-order valence-corrected chi connectivity index (χ2v) is 4.29. The van der Waals surface area contributed by atoms with Crippen LogP contribution in [0.15, 0.2) is 42.5 Å². The van der Waals surface area contributed by atoms with Gasteiger partial charge >= 0.3 is 0 Å². The number of rotatable bonds is 5. The van der Waals surface area contributed by atoms with Crippen molar-refractivity contribution in [3.63, 3.8) is 0 Å². The Morgan fingerprint density at radius 3 is 2.68 bits per heavy atom. The Labute approximate surface area is 112 Å². The molecule has 0 atom stereocenters. The Bertz CT molecular complexity index is 576. The topological polar surface area (TPSA) is 35.5 Å². The predicted molar refractivity (Wildman–Crippen MR) is 73.9 cm³/mol. The molecule has 0 amide bonds. The van der Waals surface area contributed by atoms with Crippen molar-refractivity contribution < 1.29 is 14.3 Å². The maximum atomic E-state index is 10.8. The molecule has 2 rings (SSSR count). The van der Waals surface area contributed by atoms with Gasteiger partial charge in [0.2, 0.25) is 0 Å². The number of hydrogen-bond acceptors (Lipinski definition) is 3. The number of benzene rings is 2. The summed E-state index contributed by atoms with van der Waals surface area (Å²) in [7, 11) is 1.60. The molecule has 98 valence electrons. The fourth-order valence-corrected chi connectivity index (χ4v) is 1.85. The highest BCUT2D eigenvalue weighted by Crippen LogP contribution is 2.22. The number of carbonyl (C=O) groups is 1. The molecule has 19 heavy (non-hydrogen) atoms. The highest BCUT2D eigenvalue weighted by Gasteiger charge is 2.05. The Morgan fingerprint density at radius 1 is 1.16 bits per heavy atom. The lowest BCUT2D eigenvalue weighted by atomic mass is 10.1. The summed E-state index contributed by atoms with van der Waals surface area (Å²) in [4.78, 5) is 10.8. The van der Waals surface area contributed by atoms with Gasteiger partial charge in [0.05, 0.1) is 7.11 Å². The van der Waals surface area contributed by atoms with E-state index < -0.39 is 0 Å². The zero-order valence-electron chi connectivity index (χ0n) is 11.1. The average molecular weight is 256 g/mol. The van der Waals surface area contributed by atoms with Crippen LogP contribution < -0.4 is 9.47 Å². The Hall–Kier alpha value is -2.29. The van der Waals surface area contributed by atoms with Gasteiger partial charge in [-0.3, -0.25) is 4.79 Å². The lowest BCUT2D eigenvalue weighted by Crippen LogP contribution is -2.00. The van der Waals surface area contributed by atoms with Crippen molar-refractivity contribution in [2.45, 2.75) is 13.5 Å². The van der Waals surface area contributed by atoms with Gasteiger partial charge < -0.3 is 9.47 Å². The summed E-state index contributed by atoms with van der Waals surface area (Å²) in [5.41, 5.74) is 2.61. The van der Waals surface area contributed by atoms with Crippen LogP contribution in [0.2, 0.25) is 0 Å². The van der Waals surface area contributed by atoms with Gasteiger partial charge in [-0.2, -0.15) is 0 Å². The normalized spacial score (nSPS) is 10.0. The molecule has 2 aromatic carbocycles. The van der Waals surface area contributed by atoms with E-state index >= 15 is 0 Å². The number of hydrogen-bond donors (Lipinski definition) is 0. The van der Waals surface area contributed by atoms with Gasteiger partial charge in [-0.15, -0.1) is 0 Å². The van der Waals surface area contributed by atoms with Crippen LogP contribution >= 0.6 is 0 Å². The maximum Gasteiger partial charge on any atom is 0.150 e. The number of carbonyl (C=O) groups excluding carboxylic acids is 1. The second-order valence-electron chi connectivity index (χ2n) is 4.29. The Morgan fingerprint density at radius 2 is 2.00 bits per heavy atom. The fraction of sp³-hybridized carbons (Fsp3) is 0.188. The van der Waals surface area contributed by atoms with E-state index in [0.717, 1.165) is 28.9 Å². The Balaban J connectivity index is 2.16. The molecule has 0 aromatic heterocycles. The molecule has 0 aliphatic rings. The molecule has 3 heteroatoms. The van der Waals surface area contributed by atoms with E-state index in [2.05, 4.69) is 0 Å². The summed E-state index contributed by atoms with van der Waals surface area (Å²) < 4.78 is 11.0. The quantitative estimate of drug-likeness (QED) is 0.769. The SMILES string of the molecule is COc1ccc(C=O)cc1COc1cccc(C)c1. The zero-order valence-corrected chi connectivity index (χ0v) is 11.1. The van der Waals surface area contributed by atoms with E-state index in [-0.39, 0.29) is 0 Å². The molecule has 0 aliphatic carbocycles. The summed E-state index contributed by atoms with van der Waals surface area (Å²) in [6.07, 6.45) is 0.815. The molecule has 0 saturated carbocycles. The van der Waals surface area contributed by atoms with Crippen molar-refractivity contribution in [1.29, 1.82) is 0 Å². The minimum Gasteiger partial charge on any atom is -0.496 e. The maximum absolute atomic E-state index is 10.8. The first-order valence-electron chi connectivity index (χ1n) is 6.04. The molecule has 2 aromatic rings. The van der Waals surface area contributed by atoms with E-state index in [9.17, 15) is 4.79 Å². The lowest BCUT2D eigenvalue weighted by Gasteiger charge is -2.11. The highest BCUT2D eigenvalue weighted by molar-refractivity contribution is 5.75. The first-order chi connectivity index (χ1) is 9.22. The minimum atomic E-state index is 0.369. The molecule has 0 heterocycles. The van der Waals surface area contributed by atoms with Crippen LogP contribution in [0.25, 0.3) is 0 Å². The molecular weight excluding hydrogens is 240 g/mol. The van der Waals surface area contributed by atoms with Gasteiger partial charge in [-0.1, -0.05) is 12.1 Å². The molecule has 0 fully saturated rings. The van der Waals surface area contributed by atoms with Crippen LogP contribution in [0.1, 0.15) is 21.5 Å². The second kappa shape index (κ2) is 6.05. The van der Waals surface area contributed by atoms with Crippen molar-refractivity contribution in [1.82, 2.24) is 0 Å². The highest BCUT2D eigenvalue weighted by atomic mass is 16.5. The van der Waals surface area contributed by atoms with E-state index in [0.29, 0.717) is 12.2 Å². The van der Waals surface area contributed by atoms with Crippen molar-refractivity contribution in [2.75, 3.05) is 7.11 Å². The third-order valence-electron chi connectivity index (χ3n) is 2.82. The van der Waals surface area contributed by atoms with Crippen LogP contribution in [0.4, 0.5) is 0 Å². The first kappa shape index (κ1) is 13.1. The minimum absolute atomic E-state index is 0.369. The van der Waals surface area contributed by atoms with Crippen molar-refractivity contribution in [3.05, 3.63) is 59.2 Å². The molecular formula is C16H16O3. The molecule has 0 spiro atoms. The molecule has 0 radical (unpaired) electrons. The van der Waals surface area contributed by atoms with Crippen molar-refractivity contribution in [3.8, 4) is 11.5 Å². The molecule has 0 bridgehead atoms. The van der Waals surface area contributed by atoms with Crippen LogP contribution in [0, 0.1) is 6.92 Å². The summed E-state index contributed by atoms with van der Waals surface area (Å²) in [6, 6.07) is 13.1. The van der Waals surface area contributed by atoms with Gasteiger partial charge in [0, 0.05) is 11.1 Å². The molecule has 3 nitrogen and oxygen atoms in total. The number of aryl methyl sites for hydroxylation is 1. The first-order valence-corrected chi connectivity index (χ1v) is 6.04. The van der Waals surface area contributed by atoms with Crippen molar-refractivity contribution >= 4 is 6.29 Å². The van der Waals surface area contributed by atoms with E-state index in [1.807, 2.05) is 31.2 Å². The van der Waals surface area contributed by atoms with Crippen LogP contribution in [0.5, 0.6) is 11.5 Å². The largest absolute Gasteiger partial charge is 0.496 e. The summed E-state index contributed by atoms with van der Waals surface area (Å²) in [6.45, 7) is 2.38. The van der Waals surface area contributed by atoms with Crippen LogP contribution in [-0.2, 0) is 6.61 Å². The number of methoxy groups -OCH3 is 1. The third kappa shape index (κ3) is 3.35. The fourth-order valence-electron chi connectivity index (χ4n) is 1.85. The summed E-state index contributed by atoms with van der Waals surface area (Å²) >= 11 is 0. The van der Waals surface area contributed by atoms with E-state index in [4.69, 9.17) is 9.47 Å². The van der Waals surface area contributed by atoms with Gasteiger partial charge in [0.1, 0.15) is 24.4 Å². The smallest absolute Gasteiger partial charge is 0.150 e. The molecule has 0 saturated heterocycles. The van der Waals surface area contributed by atoms with Crippen LogP contribution in [-0.4, -0.2) is 13.4 Å². The van der Waals surface area contributed by atoms with E-state index in [1.54, 1.807) is 25.3 Å². The monoisotopic (exact) mass is 256 g/mol. The van der Waals surface area contributed by atoms with Crippen molar-refractivity contribution in [2.24, 2.45) is 0 Å². The standard InChI is InChI=1S/C16H16O3/c1-12-4-3-5-15(8-12)19-11-14-9-13(10-17)6-7-16(14)18-2/h3-10H,11H2,1-2H3. The lowest BCUT2D eigenvalue weighted by molar-refractivity contribution is 0.112. The summed E-state index contributed by atoms with van der Waals surface area (Å²) in [5.74, 6) is 1.52. The van der Waals surface area contributed by atoms with Crippen LogP contribution in [0.3, 0.4) is 0 Å². The summed E-state index contributed by atoms with van der Waals surface area (Å²) in [5, 5.41) is 0. The molecule has 0 N–H and O–H groups in total. The third-order valence-corrected chi connectivity index (χ3v) is 2.82. The molecule has 0 aliphatic heterocycles. The van der Waals surface area contributed by atoms with E-state index in [1.165, 1.54) is 0 Å². The number of ether oxygens (including phenoxy) is 2. The van der Waals surface area contributed by atoms with Gasteiger partial charge in [0.15, 0.2) is 0 Å².